The molecule has 1 saturated heterocycles. The van der Waals surface area contributed by atoms with Crippen molar-refractivity contribution >= 4 is 44.2 Å². The number of nitrogens with one attached hydrogen (secondary N) is 3. The summed E-state index contributed by atoms with van der Waals surface area (Å²) in [5, 5.41) is 15.9. The number of pyridine rings is 1. The smallest absolute Gasteiger partial charge is 0.141 e. The van der Waals surface area contributed by atoms with E-state index in [0.29, 0.717) is 0 Å². The molecular formula is C21H27BrN8. The predicted octanol–water partition coefficient (Wildman–Crippen LogP) is 3.08. The summed E-state index contributed by atoms with van der Waals surface area (Å²) in [6.07, 6.45) is 4.39. The summed E-state index contributed by atoms with van der Waals surface area (Å²) in [6.45, 7) is 6.13. The van der Waals surface area contributed by atoms with Crippen molar-refractivity contribution < 1.29 is 0 Å². The van der Waals surface area contributed by atoms with E-state index < -0.39 is 0 Å². The van der Waals surface area contributed by atoms with E-state index in [1.165, 1.54) is 0 Å². The van der Waals surface area contributed by atoms with Gasteiger partial charge in [-0.1, -0.05) is 22.0 Å². The Morgan fingerprint density at radius 1 is 1.17 bits per heavy atom. The number of hydrogen-bond donors (Lipinski definition) is 3. The second kappa shape index (κ2) is 10.1. The lowest BCUT2D eigenvalue weighted by atomic mass is 10.2. The molecule has 0 unspecified atom stereocenters. The number of halogens is 1. The molecular weight excluding hydrogens is 444 g/mol. The molecule has 3 N–H and O–H groups in total. The summed E-state index contributed by atoms with van der Waals surface area (Å²) in [7, 11) is 2.16. The summed E-state index contributed by atoms with van der Waals surface area (Å²) in [5.74, 6) is 1.60. The van der Waals surface area contributed by atoms with Gasteiger partial charge >= 0.3 is 0 Å². The van der Waals surface area contributed by atoms with Gasteiger partial charge in [0, 0.05) is 61.9 Å². The average Bonchev–Trinajstić information content (AvgIpc) is 2.77. The summed E-state index contributed by atoms with van der Waals surface area (Å²) in [6, 6.07) is 10.0. The highest BCUT2D eigenvalue weighted by molar-refractivity contribution is 9.10. The van der Waals surface area contributed by atoms with Crippen LogP contribution >= 0.6 is 15.9 Å². The number of nitrogens with zero attached hydrogens (tertiary/aromatic N) is 5. The maximum absolute atomic E-state index is 4.51. The second-order valence-corrected chi connectivity index (χ2v) is 8.23. The van der Waals surface area contributed by atoms with Crippen LogP contribution in [0.1, 0.15) is 6.42 Å². The summed E-state index contributed by atoms with van der Waals surface area (Å²) in [5.41, 5.74) is 1.78. The van der Waals surface area contributed by atoms with Crippen LogP contribution in [0, 0.1) is 0 Å². The van der Waals surface area contributed by atoms with Crippen LogP contribution in [0.15, 0.2) is 47.3 Å². The van der Waals surface area contributed by atoms with Crippen LogP contribution in [-0.2, 0) is 0 Å². The third-order valence-electron chi connectivity index (χ3n) is 5.15. The van der Waals surface area contributed by atoms with Gasteiger partial charge in [0.05, 0.1) is 11.7 Å². The number of hydrogen-bond acceptors (Lipinski definition) is 8. The Kier molecular flexibility index (Phi) is 7.06. The molecule has 1 aliphatic rings. The van der Waals surface area contributed by atoms with E-state index in [9.17, 15) is 0 Å². The van der Waals surface area contributed by atoms with Gasteiger partial charge in [0.1, 0.15) is 18.0 Å². The maximum Gasteiger partial charge on any atom is 0.141 e. The summed E-state index contributed by atoms with van der Waals surface area (Å²) in [4.78, 5) is 13.3. The number of aromatic nitrogens is 3. The van der Waals surface area contributed by atoms with E-state index in [1.807, 2.05) is 30.3 Å². The molecule has 0 radical (unpaired) electrons. The number of piperazine rings is 1. The highest BCUT2D eigenvalue weighted by Crippen LogP contribution is 2.25. The van der Waals surface area contributed by atoms with Gasteiger partial charge in [0.25, 0.3) is 0 Å². The van der Waals surface area contributed by atoms with Gasteiger partial charge in [-0.15, -0.1) is 0 Å². The molecule has 3 aromatic rings. The van der Waals surface area contributed by atoms with Crippen LogP contribution in [0.4, 0.5) is 17.3 Å². The van der Waals surface area contributed by atoms with Crippen molar-refractivity contribution in [3.05, 3.63) is 47.3 Å². The summed E-state index contributed by atoms with van der Waals surface area (Å²) >= 11 is 3.51. The fraction of sp³-hybridized carbons (Fsp3) is 0.381. The maximum atomic E-state index is 4.51. The van der Waals surface area contributed by atoms with E-state index >= 15 is 0 Å². The lowest BCUT2D eigenvalue weighted by Gasteiger charge is -2.35. The first-order valence-corrected chi connectivity index (χ1v) is 11.0. The largest absolute Gasteiger partial charge is 0.370 e. The minimum atomic E-state index is 0.766. The quantitative estimate of drug-likeness (QED) is 0.433. The molecule has 2 aromatic heterocycles. The third kappa shape index (κ3) is 5.42. The van der Waals surface area contributed by atoms with Crippen molar-refractivity contribution in [1.29, 1.82) is 0 Å². The zero-order valence-electron chi connectivity index (χ0n) is 17.1. The molecule has 1 aromatic carbocycles. The summed E-state index contributed by atoms with van der Waals surface area (Å²) < 4.78 is 1.01. The Balaban J connectivity index is 1.37. The van der Waals surface area contributed by atoms with Crippen LogP contribution in [0.3, 0.4) is 0 Å². The van der Waals surface area contributed by atoms with Gasteiger partial charge in [0.2, 0.25) is 0 Å². The molecule has 0 spiro atoms. The van der Waals surface area contributed by atoms with E-state index in [4.69, 9.17) is 0 Å². The van der Waals surface area contributed by atoms with Crippen molar-refractivity contribution in [2.45, 2.75) is 6.42 Å². The monoisotopic (exact) mass is 470 g/mol. The molecule has 0 saturated carbocycles. The third-order valence-corrected chi connectivity index (χ3v) is 5.64. The molecule has 0 atom stereocenters. The van der Waals surface area contributed by atoms with Gasteiger partial charge in [-0.3, -0.25) is 0 Å². The van der Waals surface area contributed by atoms with E-state index in [0.717, 1.165) is 78.4 Å². The molecule has 0 amide bonds. The fourth-order valence-corrected chi connectivity index (χ4v) is 3.92. The van der Waals surface area contributed by atoms with Crippen LogP contribution in [0.25, 0.3) is 10.9 Å². The van der Waals surface area contributed by atoms with Crippen LogP contribution < -0.4 is 16.0 Å². The fourth-order valence-electron chi connectivity index (χ4n) is 3.52. The van der Waals surface area contributed by atoms with Gasteiger partial charge in [-0.25, -0.2) is 25.0 Å². The van der Waals surface area contributed by atoms with E-state index in [1.54, 1.807) is 12.5 Å². The Bertz CT molecular complexity index is 976. The first-order valence-electron chi connectivity index (χ1n) is 10.2. The Labute approximate surface area is 185 Å². The molecule has 0 bridgehead atoms. The highest BCUT2D eigenvalue weighted by atomic mass is 79.9. The average molecular weight is 471 g/mol. The Morgan fingerprint density at radius 2 is 2.03 bits per heavy atom. The van der Waals surface area contributed by atoms with Crippen LogP contribution in [-0.4, -0.2) is 71.3 Å². The molecule has 4 rings (SSSR count). The topological polar surface area (TPSA) is 81.2 Å². The molecule has 3 heterocycles. The number of benzene rings is 1. The molecule has 1 aliphatic heterocycles. The normalized spacial score (nSPS) is 14.9. The second-order valence-electron chi connectivity index (χ2n) is 7.31. The first-order chi connectivity index (χ1) is 14.7. The molecule has 1 fully saturated rings. The minimum Gasteiger partial charge on any atom is -0.370 e. The van der Waals surface area contributed by atoms with Crippen molar-refractivity contribution in [2.75, 3.05) is 56.9 Å². The Morgan fingerprint density at radius 3 is 2.87 bits per heavy atom. The lowest BCUT2D eigenvalue weighted by Crippen LogP contribution is -2.51. The SMILES string of the molecule is CN(CCCNc1cc2c(Nc3cccc(Br)c3)ncnc2cn1)N1CCNCC1. The Hall–Kier alpha value is -2.33. The van der Waals surface area contributed by atoms with Crippen molar-refractivity contribution in [3.8, 4) is 0 Å². The molecule has 158 valence electrons. The van der Waals surface area contributed by atoms with Gasteiger partial charge in [-0.05, 0) is 30.7 Å². The number of fused-ring (bicyclic) bond motifs is 1. The molecule has 30 heavy (non-hydrogen) atoms. The van der Waals surface area contributed by atoms with Crippen LogP contribution in [0.2, 0.25) is 0 Å². The van der Waals surface area contributed by atoms with E-state index in [-0.39, 0.29) is 0 Å². The van der Waals surface area contributed by atoms with Gasteiger partial charge in [-0.2, -0.15) is 0 Å². The lowest BCUT2D eigenvalue weighted by molar-refractivity contribution is -0.0103. The highest BCUT2D eigenvalue weighted by Gasteiger charge is 2.13. The molecule has 0 aliphatic carbocycles. The van der Waals surface area contributed by atoms with Crippen molar-refractivity contribution in [1.82, 2.24) is 30.3 Å². The van der Waals surface area contributed by atoms with Crippen LogP contribution in [0.5, 0.6) is 0 Å². The number of anilines is 3. The predicted molar refractivity (Wildman–Crippen MR) is 125 cm³/mol. The first kappa shape index (κ1) is 20.9. The molecule has 9 heteroatoms. The zero-order chi connectivity index (χ0) is 20.8. The van der Waals surface area contributed by atoms with Crippen molar-refractivity contribution in [2.24, 2.45) is 0 Å². The number of rotatable bonds is 8. The molecule has 8 nitrogen and oxygen atoms in total. The minimum absolute atomic E-state index is 0.766. The number of hydrazine groups is 1. The standard InChI is InChI=1S/C21H27BrN8/c1-29(30-10-7-23-8-11-30)9-3-6-24-20-13-18-19(14-25-20)26-15-27-21(18)28-17-5-2-4-16(22)12-17/h2,4-5,12-15,23H,3,6-11H2,1H3,(H,24,25)(H,26,27,28). The van der Waals surface area contributed by atoms with Gasteiger partial charge in [0.15, 0.2) is 0 Å². The van der Waals surface area contributed by atoms with E-state index in [2.05, 4.69) is 63.9 Å². The van der Waals surface area contributed by atoms with Crippen molar-refractivity contribution in [3.63, 3.8) is 0 Å². The zero-order valence-corrected chi connectivity index (χ0v) is 18.7. The van der Waals surface area contributed by atoms with Gasteiger partial charge < -0.3 is 16.0 Å².